The van der Waals surface area contributed by atoms with Crippen LogP contribution in [0.1, 0.15) is 0 Å². The predicted molar refractivity (Wildman–Crippen MR) is 81.0 cm³/mol. The lowest BCUT2D eigenvalue weighted by Crippen LogP contribution is -2.28. The van der Waals surface area contributed by atoms with Crippen molar-refractivity contribution in [1.29, 1.82) is 0 Å². The standard InChI is InChI=1S/C14H10F3N3O4S/c1-23-12-11-10(7-8-18-12)20(9-5-3-2-4-6-9)19-13(11)24-25(21,22)14(15,16)17/h2-8H,1H3. The summed E-state index contributed by atoms with van der Waals surface area (Å²) in [5.41, 5.74) is -4.84. The molecule has 0 spiro atoms. The molecule has 0 amide bonds. The number of alkyl halides is 3. The van der Waals surface area contributed by atoms with Gasteiger partial charge in [0.25, 0.3) is 5.88 Å². The summed E-state index contributed by atoms with van der Waals surface area (Å²) in [7, 11) is -4.66. The molecule has 1 aromatic carbocycles. The maximum Gasteiger partial charge on any atom is 0.534 e. The van der Waals surface area contributed by atoms with Crippen molar-refractivity contribution < 1.29 is 30.5 Å². The van der Waals surface area contributed by atoms with E-state index in [9.17, 15) is 21.6 Å². The number of benzene rings is 1. The molecule has 2 aromatic heterocycles. The van der Waals surface area contributed by atoms with Crippen LogP contribution >= 0.6 is 0 Å². The van der Waals surface area contributed by atoms with Gasteiger partial charge in [0.05, 0.1) is 18.3 Å². The van der Waals surface area contributed by atoms with Gasteiger partial charge in [-0.1, -0.05) is 18.2 Å². The number of nitrogens with zero attached hydrogens (tertiary/aromatic N) is 3. The van der Waals surface area contributed by atoms with Crippen LogP contribution in [-0.2, 0) is 10.1 Å². The summed E-state index contributed by atoms with van der Waals surface area (Å²) < 4.78 is 71.1. The minimum absolute atomic E-state index is 0.0957. The smallest absolute Gasteiger partial charge is 0.480 e. The number of aromatic nitrogens is 3. The molecule has 0 N–H and O–H groups in total. The summed E-state index contributed by atoms with van der Waals surface area (Å²) in [5, 5.41) is 3.77. The fourth-order valence-corrected chi connectivity index (χ4v) is 2.55. The first-order valence-electron chi connectivity index (χ1n) is 6.72. The van der Waals surface area contributed by atoms with Gasteiger partial charge in [0.2, 0.25) is 5.88 Å². The second kappa shape index (κ2) is 5.92. The second-order valence-electron chi connectivity index (χ2n) is 4.75. The monoisotopic (exact) mass is 373 g/mol. The minimum Gasteiger partial charge on any atom is -0.480 e. The number of pyridine rings is 1. The number of hydrogen-bond donors (Lipinski definition) is 0. The third kappa shape index (κ3) is 2.97. The molecule has 0 aliphatic rings. The lowest BCUT2D eigenvalue weighted by atomic mass is 10.3. The summed E-state index contributed by atoms with van der Waals surface area (Å²) in [6.07, 6.45) is 1.35. The highest BCUT2D eigenvalue weighted by atomic mass is 32.2. The van der Waals surface area contributed by atoms with Crippen LogP contribution in [0, 0.1) is 0 Å². The van der Waals surface area contributed by atoms with Crippen molar-refractivity contribution in [1.82, 2.24) is 14.8 Å². The molecule has 25 heavy (non-hydrogen) atoms. The molecule has 0 unspecified atom stereocenters. The lowest BCUT2D eigenvalue weighted by molar-refractivity contribution is -0.0501. The van der Waals surface area contributed by atoms with E-state index < -0.39 is 21.5 Å². The predicted octanol–water partition coefficient (Wildman–Crippen LogP) is 2.66. The van der Waals surface area contributed by atoms with E-state index >= 15 is 0 Å². The molecule has 0 bridgehead atoms. The average molecular weight is 373 g/mol. The van der Waals surface area contributed by atoms with Crippen LogP contribution < -0.4 is 8.92 Å². The first-order chi connectivity index (χ1) is 11.7. The van der Waals surface area contributed by atoms with Crippen molar-refractivity contribution >= 4 is 21.0 Å². The van der Waals surface area contributed by atoms with Crippen LogP contribution in [-0.4, -0.2) is 35.8 Å². The highest BCUT2D eigenvalue weighted by Gasteiger charge is 2.49. The van der Waals surface area contributed by atoms with Crippen molar-refractivity contribution in [2.24, 2.45) is 0 Å². The van der Waals surface area contributed by atoms with Crippen molar-refractivity contribution in [2.75, 3.05) is 7.11 Å². The number of ether oxygens (including phenoxy) is 1. The Morgan fingerprint density at radius 2 is 1.76 bits per heavy atom. The van der Waals surface area contributed by atoms with E-state index in [4.69, 9.17) is 4.74 Å². The van der Waals surface area contributed by atoms with Crippen molar-refractivity contribution in [3.8, 4) is 17.4 Å². The van der Waals surface area contributed by atoms with Gasteiger partial charge in [-0.2, -0.15) is 21.6 Å². The average Bonchev–Trinajstić information content (AvgIpc) is 2.93. The molecular formula is C14H10F3N3O4S. The Morgan fingerprint density at radius 3 is 2.36 bits per heavy atom. The zero-order valence-electron chi connectivity index (χ0n) is 12.6. The Hall–Kier alpha value is -2.82. The number of hydrogen-bond acceptors (Lipinski definition) is 6. The maximum atomic E-state index is 12.6. The van der Waals surface area contributed by atoms with E-state index in [0.717, 1.165) is 0 Å². The molecule has 0 saturated carbocycles. The van der Waals surface area contributed by atoms with Crippen molar-refractivity contribution in [3.05, 3.63) is 42.6 Å². The molecule has 0 aliphatic carbocycles. The molecule has 7 nitrogen and oxygen atoms in total. The van der Waals surface area contributed by atoms with Gasteiger partial charge in [0, 0.05) is 6.20 Å². The molecule has 2 heterocycles. The SMILES string of the molecule is COc1nccc2c1c(OS(=O)(=O)C(F)(F)F)nn2-c1ccccc1. The minimum atomic E-state index is -5.90. The highest BCUT2D eigenvalue weighted by Crippen LogP contribution is 2.36. The first kappa shape index (κ1) is 17.0. The quantitative estimate of drug-likeness (QED) is 0.516. The lowest BCUT2D eigenvalue weighted by Gasteiger charge is -2.07. The van der Waals surface area contributed by atoms with Crippen LogP contribution in [0.5, 0.6) is 11.8 Å². The Labute approximate surface area is 139 Å². The molecule has 0 aliphatic heterocycles. The number of para-hydroxylation sites is 1. The van der Waals surface area contributed by atoms with E-state index in [1.807, 2.05) is 0 Å². The number of halogens is 3. The molecule has 132 valence electrons. The fourth-order valence-electron chi connectivity index (χ4n) is 2.14. The van der Waals surface area contributed by atoms with Gasteiger partial charge in [-0.05, 0) is 18.2 Å². The Balaban J connectivity index is 2.26. The Bertz CT molecular complexity index is 1020. The molecule has 11 heteroatoms. The van der Waals surface area contributed by atoms with E-state index in [1.165, 1.54) is 24.1 Å². The third-order valence-corrected chi connectivity index (χ3v) is 4.14. The largest absolute Gasteiger partial charge is 0.534 e. The van der Waals surface area contributed by atoms with Crippen LogP contribution in [0.4, 0.5) is 13.2 Å². The van der Waals surface area contributed by atoms with E-state index in [2.05, 4.69) is 14.3 Å². The van der Waals surface area contributed by atoms with E-state index in [1.54, 1.807) is 30.3 Å². The molecule has 3 aromatic rings. The van der Waals surface area contributed by atoms with Crippen LogP contribution in [0.2, 0.25) is 0 Å². The van der Waals surface area contributed by atoms with Crippen LogP contribution in [0.15, 0.2) is 42.6 Å². The Kier molecular flexibility index (Phi) is 4.03. The van der Waals surface area contributed by atoms with Gasteiger partial charge in [0.15, 0.2) is 0 Å². The summed E-state index contributed by atoms with van der Waals surface area (Å²) >= 11 is 0. The summed E-state index contributed by atoms with van der Waals surface area (Å²) in [6.45, 7) is 0. The number of methoxy groups -OCH3 is 1. The second-order valence-corrected chi connectivity index (χ2v) is 6.29. The van der Waals surface area contributed by atoms with Gasteiger partial charge in [-0.25, -0.2) is 9.67 Å². The summed E-state index contributed by atoms with van der Waals surface area (Å²) in [6, 6.07) is 9.85. The first-order valence-corrected chi connectivity index (χ1v) is 8.13. The fraction of sp³-hybridized carbons (Fsp3) is 0.143. The maximum absolute atomic E-state index is 12.6. The molecule has 3 rings (SSSR count). The zero-order valence-corrected chi connectivity index (χ0v) is 13.4. The van der Waals surface area contributed by atoms with Gasteiger partial charge in [-0.3, -0.25) is 0 Å². The molecule has 0 saturated heterocycles. The van der Waals surface area contributed by atoms with Gasteiger partial charge in [-0.15, -0.1) is 5.10 Å². The van der Waals surface area contributed by atoms with Crippen molar-refractivity contribution in [2.45, 2.75) is 5.51 Å². The third-order valence-electron chi connectivity index (χ3n) is 3.19. The highest BCUT2D eigenvalue weighted by molar-refractivity contribution is 7.88. The van der Waals surface area contributed by atoms with Gasteiger partial charge < -0.3 is 8.92 Å². The molecule has 0 fully saturated rings. The number of rotatable bonds is 4. The van der Waals surface area contributed by atoms with Crippen LogP contribution in [0.25, 0.3) is 16.6 Å². The molecule has 0 radical (unpaired) electrons. The molecule has 0 atom stereocenters. The Morgan fingerprint density at radius 1 is 1.08 bits per heavy atom. The zero-order chi connectivity index (χ0) is 18.2. The van der Waals surface area contributed by atoms with E-state index in [-0.39, 0.29) is 16.8 Å². The van der Waals surface area contributed by atoms with Gasteiger partial charge in [0.1, 0.15) is 5.39 Å². The normalized spacial score (nSPS) is 12.3. The topological polar surface area (TPSA) is 83.3 Å². The van der Waals surface area contributed by atoms with E-state index in [0.29, 0.717) is 5.69 Å². The van der Waals surface area contributed by atoms with Crippen molar-refractivity contribution in [3.63, 3.8) is 0 Å². The molecular weight excluding hydrogens is 363 g/mol. The van der Waals surface area contributed by atoms with Gasteiger partial charge >= 0.3 is 15.6 Å². The summed E-state index contributed by atoms with van der Waals surface area (Å²) in [4.78, 5) is 3.85. The number of fused-ring (bicyclic) bond motifs is 1. The summed E-state index contributed by atoms with van der Waals surface area (Å²) in [5.74, 6) is -0.895. The van der Waals surface area contributed by atoms with Crippen LogP contribution in [0.3, 0.4) is 0 Å².